The van der Waals surface area contributed by atoms with E-state index in [1.54, 1.807) is 0 Å². The van der Waals surface area contributed by atoms with Crippen molar-refractivity contribution in [3.05, 3.63) is 11.1 Å². The maximum Gasteiger partial charge on any atom is -0.00769 e. The van der Waals surface area contributed by atoms with Crippen molar-refractivity contribution in [2.45, 2.75) is 132 Å². The van der Waals surface area contributed by atoms with Crippen LogP contribution in [0.4, 0.5) is 0 Å². The fourth-order valence-electron chi connectivity index (χ4n) is 11.6. The highest BCUT2D eigenvalue weighted by Gasteiger charge is 2.69. The van der Waals surface area contributed by atoms with Crippen molar-refractivity contribution < 1.29 is 0 Å². The molecule has 0 amide bonds. The lowest BCUT2D eigenvalue weighted by molar-refractivity contribution is -0.226. The minimum Gasteiger partial charge on any atom is -0.0676 e. The van der Waals surface area contributed by atoms with Gasteiger partial charge in [0.25, 0.3) is 0 Å². The molecular weight excluding hydrogens is 372 g/mol. The number of allylic oxidation sites excluding steroid dienone is 2. The predicted molar refractivity (Wildman–Crippen MR) is 134 cm³/mol. The van der Waals surface area contributed by atoms with Gasteiger partial charge in [-0.05, 0) is 121 Å². The third kappa shape index (κ3) is 2.72. The van der Waals surface area contributed by atoms with Gasteiger partial charge in [-0.15, -0.1) is 0 Å². The maximum absolute atomic E-state index is 2.80. The Morgan fingerprint density at radius 2 is 1.42 bits per heavy atom. The van der Waals surface area contributed by atoms with Gasteiger partial charge in [-0.1, -0.05) is 73.0 Å². The van der Waals surface area contributed by atoms with Gasteiger partial charge < -0.3 is 0 Å². The fourth-order valence-corrected chi connectivity index (χ4v) is 11.6. The second-order valence-corrected chi connectivity index (χ2v) is 14.7. The van der Waals surface area contributed by atoms with E-state index >= 15 is 0 Å². The Labute approximate surface area is 194 Å². The van der Waals surface area contributed by atoms with E-state index in [4.69, 9.17) is 0 Å². The van der Waals surface area contributed by atoms with Crippen LogP contribution >= 0.6 is 0 Å². The lowest BCUT2D eigenvalue weighted by atomic mass is 9.32. The van der Waals surface area contributed by atoms with Crippen LogP contribution in [-0.2, 0) is 0 Å². The zero-order valence-corrected chi connectivity index (χ0v) is 22.3. The molecule has 0 heteroatoms. The van der Waals surface area contributed by atoms with Crippen molar-refractivity contribution in [1.82, 2.24) is 0 Å². The molecule has 0 aromatic rings. The van der Waals surface area contributed by atoms with Crippen molar-refractivity contribution in [2.75, 3.05) is 0 Å². The molecule has 0 bridgehead atoms. The van der Waals surface area contributed by atoms with E-state index in [2.05, 4.69) is 55.4 Å². The summed E-state index contributed by atoms with van der Waals surface area (Å²) in [6.45, 7) is 21.2. The summed E-state index contributed by atoms with van der Waals surface area (Å²) in [5.74, 6) is 3.63. The minimum absolute atomic E-state index is 0.503. The summed E-state index contributed by atoms with van der Waals surface area (Å²) < 4.78 is 0. The minimum atomic E-state index is 0.503. The molecule has 8 unspecified atom stereocenters. The van der Waals surface area contributed by atoms with Crippen molar-refractivity contribution in [3.8, 4) is 0 Å². The van der Waals surface area contributed by atoms with Gasteiger partial charge in [0, 0.05) is 0 Å². The van der Waals surface area contributed by atoms with Crippen molar-refractivity contribution in [3.63, 3.8) is 0 Å². The first kappa shape index (κ1) is 22.5. The van der Waals surface area contributed by atoms with E-state index in [1.165, 1.54) is 77.0 Å². The Kier molecular flexibility index (Phi) is 5.00. The molecule has 0 spiro atoms. The molecule has 0 nitrogen and oxygen atoms in total. The first-order chi connectivity index (χ1) is 14.4. The molecule has 5 aliphatic rings. The quantitative estimate of drug-likeness (QED) is 0.387. The van der Waals surface area contributed by atoms with Gasteiger partial charge in [-0.3, -0.25) is 0 Å². The van der Waals surface area contributed by atoms with Gasteiger partial charge in [-0.2, -0.15) is 0 Å². The Bertz CT molecular complexity index is 771. The maximum atomic E-state index is 2.80. The first-order valence-corrected chi connectivity index (χ1v) is 14.2. The third-order valence-electron chi connectivity index (χ3n) is 13.5. The Morgan fingerprint density at radius 3 is 2.13 bits per heavy atom. The summed E-state index contributed by atoms with van der Waals surface area (Å²) in [5.41, 5.74) is 6.56. The van der Waals surface area contributed by atoms with Crippen LogP contribution in [0.2, 0.25) is 0 Å². The smallest absolute Gasteiger partial charge is 0.00769 e. The van der Waals surface area contributed by atoms with Crippen LogP contribution in [0.15, 0.2) is 11.1 Å². The third-order valence-corrected chi connectivity index (χ3v) is 13.5. The normalized spacial score (nSPS) is 52.1. The molecule has 0 saturated heterocycles. The standard InChI is InChI=1S/C31H52/c1-9-21(2)22-13-18-28(5)23(22)14-19-30(7)25(28)11-12-26-29(6)17-10-16-27(3,4)24(29)15-20-31(26,30)8/h21,24-26H,9-20H2,1-8H3. The molecule has 5 rings (SSSR count). The number of fused-ring (bicyclic) bond motifs is 7. The average Bonchev–Trinajstić information content (AvgIpc) is 3.04. The van der Waals surface area contributed by atoms with E-state index in [0.29, 0.717) is 27.1 Å². The lowest BCUT2D eigenvalue weighted by Gasteiger charge is -2.72. The lowest BCUT2D eigenvalue weighted by Crippen LogP contribution is -2.65. The molecule has 0 aliphatic heterocycles. The van der Waals surface area contributed by atoms with Crippen LogP contribution in [0.1, 0.15) is 132 Å². The van der Waals surface area contributed by atoms with Gasteiger partial charge in [0.1, 0.15) is 0 Å². The molecule has 5 aliphatic carbocycles. The highest BCUT2D eigenvalue weighted by atomic mass is 14.7. The Balaban J connectivity index is 1.54. The summed E-state index contributed by atoms with van der Waals surface area (Å²) in [7, 11) is 0. The summed E-state index contributed by atoms with van der Waals surface area (Å²) in [6, 6.07) is 0. The Hall–Kier alpha value is -0.260. The van der Waals surface area contributed by atoms with E-state index < -0.39 is 0 Å². The number of rotatable bonds is 2. The number of hydrogen-bond acceptors (Lipinski definition) is 0. The van der Waals surface area contributed by atoms with Gasteiger partial charge in [0.2, 0.25) is 0 Å². The summed E-state index contributed by atoms with van der Waals surface area (Å²) in [6.07, 6.45) is 17.5. The largest absolute Gasteiger partial charge is 0.0676 e. The summed E-state index contributed by atoms with van der Waals surface area (Å²) >= 11 is 0. The Morgan fingerprint density at radius 1 is 0.742 bits per heavy atom. The average molecular weight is 425 g/mol. The van der Waals surface area contributed by atoms with E-state index in [-0.39, 0.29) is 0 Å². The van der Waals surface area contributed by atoms with Crippen molar-refractivity contribution >= 4 is 0 Å². The molecule has 0 heterocycles. The predicted octanol–water partition coefficient (Wildman–Crippen LogP) is 9.59. The molecular formula is C31H52. The SMILES string of the molecule is CCC(C)C1=C2CCC3(C)C(CCC4C5(C)CCCC(C)(C)C5CCC43C)C2(C)CC1. The summed E-state index contributed by atoms with van der Waals surface area (Å²) in [5, 5.41) is 0. The second-order valence-electron chi connectivity index (χ2n) is 14.7. The number of hydrogen-bond donors (Lipinski definition) is 0. The van der Waals surface area contributed by atoms with Crippen LogP contribution < -0.4 is 0 Å². The molecule has 0 radical (unpaired) electrons. The molecule has 0 N–H and O–H groups in total. The summed E-state index contributed by atoms with van der Waals surface area (Å²) in [4.78, 5) is 0. The van der Waals surface area contributed by atoms with Crippen molar-refractivity contribution in [2.24, 2.45) is 50.7 Å². The van der Waals surface area contributed by atoms with Crippen LogP contribution in [0, 0.1) is 50.7 Å². The zero-order chi connectivity index (χ0) is 22.4. The highest BCUT2D eigenvalue weighted by Crippen LogP contribution is 2.77. The molecule has 176 valence electrons. The second kappa shape index (κ2) is 6.88. The fraction of sp³-hybridized carbons (Fsp3) is 0.935. The molecule has 0 aromatic carbocycles. The van der Waals surface area contributed by atoms with Crippen LogP contribution in [0.25, 0.3) is 0 Å². The molecule has 0 aromatic heterocycles. The van der Waals surface area contributed by atoms with Crippen LogP contribution in [-0.4, -0.2) is 0 Å². The molecule has 4 fully saturated rings. The molecule has 31 heavy (non-hydrogen) atoms. The first-order valence-electron chi connectivity index (χ1n) is 14.2. The van der Waals surface area contributed by atoms with Crippen molar-refractivity contribution in [1.29, 1.82) is 0 Å². The van der Waals surface area contributed by atoms with Gasteiger partial charge in [0.05, 0.1) is 0 Å². The highest BCUT2D eigenvalue weighted by molar-refractivity contribution is 5.35. The van der Waals surface area contributed by atoms with Crippen LogP contribution in [0.3, 0.4) is 0 Å². The monoisotopic (exact) mass is 424 g/mol. The topological polar surface area (TPSA) is 0 Å². The van der Waals surface area contributed by atoms with Gasteiger partial charge >= 0.3 is 0 Å². The van der Waals surface area contributed by atoms with Gasteiger partial charge in [-0.25, -0.2) is 0 Å². The molecule has 8 atom stereocenters. The van der Waals surface area contributed by atoms with E-state index in [0.717, 1.165) is 23.7 Å². The van der Waals surface area contributed by atoms with Crippen LogP contribution in [0.5, 0.6) is 0 Å². The van der Waals surface area contributed by atoms with E-state index in [9.17, 15) is 0 Å². The zero-order valence-electron chi connectivity index (χ0n) is 22.3. The molecule has 4 saturated carbocycles. The van der Waals surface area contributed by atoms with E-state index in [1.807, 2.05) is 11.1 Å². The van der Waals surface area contributed by atoms with Gasteiger partial charge in [0.15, 0.2) is 0 Å².